The second kappa shape index (κ2) is 8.91. The van der Waals surface area contributed by atoms with Crippen LogP contribution in [0, 0.1) is 0 Å². The number of methoxy groups -OCH3 is 1. The monoisotopic (exact) mass is 283 g/mol. The summed E-state index contributed by atoms with van der Waals surface area (Å²) >= 11 is 0. The van der Waals surface area contributed by atoms with E-state index in [-0.39, 0.29) is 5.56 Å². The minimum absolute atomic E-state index is 0.260. The van der Waals surface area contributed by atoms with Crippen LogP contribution in [0.5, 0.6) is 5.75 Å². The molecule has 0 aliphatic rings. The zero-order valence-electron chi connectivity index (χ0n) is 26.1. The number of aryl methyl sites for hydroxylation is 1. The Labute approximate surface area is 138 Å². The molecule has 0 fully saturated rings. The van der Waals surface area contributed by atoms with Gasteiger partial charge in [-0.2, -0.15) is 0 Å². The third-order valence-corrected chi connectivity index (χ3v) is 1.72. The van der Waals surface area contributed by atoms with Gasteiger partial charge < -0.3 is 19.9 Å². The Morgan fingerprint density at radius 1 is 1.42 bits per heavy atom. The van der Waals surface area contributed by atoms with Crippen molar-refractivity contribution in [2.45, 2.75) is 32.2 Å². The summed E-state index contributed by atoms with van der Waals surface area (Å²) in [6.07, 6.45) is -6.71. The highest BCUT2D eigenvalue weighted by molar-refractivity contribution is 5.27. The Morgan fingerprint density at radius 2 is 2.16 bits per heavy atom. The Bertz CT molecular complexity index is 864. The molecule has 0 saturated heterocycles. The summed E-state index contributed by atoms with van der Waals surface area (Å²) in [5.74, 6) is -0.488. The summed E-state index contributed by atoms with van der Waals surface area (Å²) in [6.45, 7) is -17.7. The molecule has 0 aliphatic heterocycles. The molecular weight excluding hydrogens is 242 g/mol. The van der Waals surface area contributed by atoms with E-state index in [0.29, 0.717) is 0 Å². The second-order valence-electron chi connectivity index (χ2n) is 3.13. The van der Waals surface area contributed by atoms with Crippen molar-refractivity contribution < 1.29 is 36.5 Å². The van der Waals surface area contributed by atoms with Gasteiger partial charge in [-0.15, -0.1) is 0 Å². The minimum atomic E-state index is -4.04. The highest BCUT2D eigenvalue weighted by atomic mass is 16.5. The molecule has 1 rings (SSSR count). The topological polar surface area (TPSA) is 50.7 Å². The summed E-state index contributed by atoms with van der Waals surface area (Å²) in [5, 5.41) is 11.6. The molecule has 0 aliphatic carbocycles. The number of hydrogen-bond acceptors (Lipinski definition) is 4. The second-order valence-corrected chi connectivity index (χ2v) is 3.13. The van der Waals surface area contributed by atoms with E-state index in [1.54, 1.807) is 0 Å². The number of benzene rings is 1. The van der Waals surface area contributed by atoms with Crippen LogP contribution in [0.1, 0.15) is 41.2 Å². The molecule has 4 nitrogen and oxygen atoms in total. The zero-order valence-corrected chi connectivity index (χ0v) is 10.1. The van der Waals surface area contributed by atoms with Gasteiger partial charge in [0.05, 0.1) is 13.4 Å². The maximum Gasteiger partial charge on any atom is 0.119 e. The number of aliphatic hydroxyl groups is 1. The Hall–Kier alpha value is -1.10. The average Bonchev–Trinajstić information content (AvgIpc) is 2.65. The van der Waals surface area contributed by atoms with Gasteiger partial charge in [0.25, 0.3) is 0 Å². The van der Waals surface area contributed by atoms with Crippen LogP contribution in [-0.4, -0.2) is 43.9 Å². The first-order chi connectivity index (χ1) is 15.2. The van der Waals surface area contributed by atoms with E-state index in [0.717, 1.165) is 31.4 Å². The summed E-state index contributed by atoms with van der Waals surface area (Å²) in [6, 6.07) is 0.0691. The molecular formula is C15H25NO3. The molecule has 0 spiro atoms. The highest BCUT2D eigenvalue weighted by Crippen LogP contribution is 2.12. The lowest BCUT2D eigenvalue weighted by Crippen LogP contribution is -2.35. The fourth-order valence-corrected chi connectivity index (χ4v) is 0.971. The van der Waals surface area contributed by atoms with Crippen molar-refractivity contribution in [1.82, 2.24) is 5.32 Å². The predicted octanol–water partition coefficient (Wildman–Crippen LogP) is 1.61. The van der Waals surface area contributed by atoms with Gasteiger partial charge in [0.15, 0.2) is 0 Å². The van der Waals surface area contributed by atoms with E-state index in [4.69, 9.17) is 26.7 Å². The standard InChI is InChI=1S/C15H25NO3/c1-12(2)16-10-14(17)11-19-15-6-4-13(5-7-15)8-9-18-3/h4-7,12,14,16-17H,8-11H2,1-3H3/i1D3,2D3,8D2,9D2,10D2,11D2,12D,14D. The van der Waals surface area contributed by atoms with Crippen molar-refractivity contribution in [2.75, 3.05) is 26.7 Å². The van der Waals surface area contributed by atoms with Gasteiger partial charge in [-0.05, 0) is 24.1 Å². The quantitative estimate of drug-likeness (QED) is 0.723. The first kappa shape index (κ1) is 4.45. The number of rotatable bonds is 9. The van der Waals surface area contributed by atoms with Crippen LogP contribution >= 0.6 is 0 Å². The van der Waals surface area contributed by atoms with Crippen LogP contribution in [0.2, 0.25) is 0 Å². The normalized spacial score (nSPS) is 31.7. The van der Waals surface area contributed by atoms with Crippen molar-refractivity contribution in [3.05, 3.63) is 29.8 Å². The van der Waals surface area contributed by atoms with Crippen LogP contribution in [-0.2, 0) is 11.1 Å². The summed E-state index contributed by atoms with van der Waals surface area (Å²) < 4.78 is 131. The van der Waals surface area contributed by atoms with Gasteiger partial charge in [0.1, 0.15) is 18.4 Å². The van der Waals surface area contributed by atoms with Gasteiger partial charge in [0.2, 0.25) is 0 Å². The van der Waals surface area contributed by atoms with E-state index in [1.807, 2.05) is 0 Å². The van der Waals surface area contributed by atoms with Crippen molar-refractivity contribution in [2.24, 2.45) is 0 Å². The van der Waals surface area contributed by atoms with E-state index in [1.165, 1.54) is 5.32 Å². The number of nitrogens with one attached hydrogen (secondary N) is 1. The predicted molar refractivity (Wildman–Crippen MR) is 76.7 cm³/mol. The lowest BCUT2D eigenvalue weighted by atomic mass is 10.1. The number of hydrogen-bond donors (Lipinski definition) is 2. The molecule has 1 aromatic carbocycles. The minimum Gasteiger partial charge on any atom is -0.491 e. The molecule has 1 aromatic rings. The van der Waals surface area contributed by atoms with Crippen molar-refractivity contribution in [3.63, 3.8) is 0 Å². The maximum atomic E-state index is 10.4. The van der Waals surface area contributed by atoms with E-state index in [2.05, 4.69) is 4.74 Å². The molecule has 0 heterocycles. The van der Waals surface area contributed by atoms with E-state index in [9.17, 15) is 5.11 Å². The van der Waals surface area contributed by atoms with Crippen molar-refractivity contribution in [1.29, 1.82) is 0 Å². The first-order valence-electron chi connectivity index (χ1n) is 13.1. The van der Waals surface area contributed by atoms with Crippen LogP contribution in [0.3, 0.4) is 0 Å². The molecule has 19 heavy (non-hydrogen) atoms. The largest absolute Gasteiger partial charge is 0.491 e. The molecule has 0 saturated carbocycles. The van der Waals surface area contributed by atoms with E-state index >= 15 is 0 Å². The van der Waals surface area contributed by atoms with Gasteiger partial charge >= 0.3 is 0 Å². The van der Waals surface area contributed by atoms with Gasteiger partial charge in [-0.1, -0.05) is 25.8 Å². The maximum absolute atomic E-state index is 10.4. The van der Waals surface area contributed by atoms with Crippen LogP contribution in [0.25, 0.3) is 0 Å². The molecule has 2 N–H and O–H groups in total. The molecule has 108 valence electrons. The fraction of sp³-hybridized carbons (Fsp3) is 0.600. The lowest BCUT2D eigenvalue weighted by molar-refractivity contribution is 0.104. The zero-order chi connectivity index (χ0) is 28.1. The highest BCUT2D eigenvalue weighted by Gasteiger charge is 2.05. The van der Waals surface area contributed by atoms with Crippen LogP contribution in [0.15, 0.2) is 24.3 Å². The van der Waals surface area contributed by atoms with Gasteiger partial charge in [-0.25, -0.2) is 0 Å². The first-order valence-corrected chi connectivity index (χ1v) is 5.07. The SMILES string of the molecule is [2H]C([2H])([2H])C([2H])(NC([2H])([2H])C([2H])(O)C([2H])([2H])Oc1ccc(C([2H])([2H])C([2H])([2H])OC)cc1)C([2H])([2H])[2H]. The average molecular weight is 283 g/mol. The molecule has 0 bridgehead atoms. The lowest BCUT2D eigenvalue weighted by Gasteiger charge is -2.15. The molecule has 0 amide bonds. The summed E-state index contributed by atoms with van der Waals surface area (Å²) in [7, 11) is 0.949. The van der Waals surface area contributed by atoms with Crippen LogP contribution in [0.4, 0.5) is 0 Å². The number of ether oxygens (including phenoxy) is 2. The summed E-state index contributed by atoms with van der Waals surface area (Å²) in [4.78, 5) is 0. The molecule has 0 aromatic heterocycles. The molecule has 0 radical (unpaired) electrons. The van der Waals surface area contributed by atoms with Gasteiger partial charge in [0, 0.05) is 34.7 Å². The Morgan fingerprint density at radius 3 is 2.79 bits per heavy atom. The van der Waals surface area contributed by atoms with E-state index < -0.39 is 57.5 Å². The molecule has 1 atom stereocenters. The Kier molecular flexibility index (Phi) is 2.09. The molecule has 1 unspecified atom stereocenters. The Balaban J connectivity index is 3.31. The van der Waals surface area contributed by atoms with Crippen molar-refractivity contribution >= 4 is 0 Å². The third-order valence-electron chi connectivity index (χ3n) is 1.72. The van der Waals surface area contributed by atoms with Gasteiger partial charge in [-0.3, -0.25) is 0 Å². The fourth-order valence-electron chi connectivity index (χ4n) is 0.971. The smallest absolute Gasteiger partial charge is 0.119 e. The molecule has 4 heteroatoms. The summed E-state index contributed by atoms with van der Waals surface area (Å²) in [5.41, 5.74) is -0.260. The van der Waals surface area contributed by atoms with Crippen LogP contribution < -0.4 is 10.1 Å². The van der Waals surface area contributed by atoms with Crippen molar-refractivity contribution in [3.8, 4) is 5.75 Å². The third kappa shape index (κ3) is 7.15.